The smallest absolute Gasteiger partial charge is 0.413 e. The van der Waals surface area contributed by atoms with Gasteiger partial charge >= 0.3 is 12.1 Å². The predicted molar refractivity (Wildman–Crippen MR) is 148 cm³/mol. The molecule has 0 fully saturated rings. The summed E-state index contributed by atoms with van der Waals surface area (Å²) in [6.45, 7) is 1.82. The highest BCUT2D eigenvalue weighted by molar-refractivity contribution is 7.31. The third-order valence-corrected chi connectivity index (χ3v) is 8.30. The first kappa shape index (κ1) is 25.4. The number of hydrogen-bond acceptors (Lipinski definition) is 8. The second-order valence-electron chi connectivity index (χ2n) is 8.54. The van der Waals surface area contributed by atoms with E-state index in [1.54, 1.807) is 35.8 Å². The van der Waals surface area contributed by atoms with Crippen LogP contribution in [-0.4, -0.2) is 39.3 Å². The van der Waals surface area contributed by atoms with Gasteiger partial charge in [0.25, 0.3) is 0 Å². The largest absolute Gasteiger partial charge is 0.496 e. The van der Waals surface area contributed by atoms with Gasteiger partial charge in [0.2, 0.25) is 0 Å². The number of amides is 1. The van der Waals surface area contributed by atoms with Gasteiger partial charge < -0.3 is 14.6 Å². The Bertz CT molecular complexity index is 1590. The molecule has 11 heteroatoms. The van der Waals surface area contributed by atoms with Crippen LogP contribution in [0, 0.1) is 0 Å². The highest BCUT2D eigenvalue weighted by atomic mass is 32.1. The lowest BCUT2D eigenvalue weighted by molar-refractivity contribution is -0.136. The minimum atomic E-state index is -0.906. The minimum absolute atomic E-state index is 0.0977. The number of anilines is 1. The van der Waals surface area contributed by atoms with E-state index in [1.807, 2.05) is 55.5 Å². The fourth-order valence-corrected chi connectivity index (χ4v) is 6.42. The monoisotopic (exact) mass is 548 g/mol. The van der Waals surface area contributed by atoms with Gasteiger partial charge in [-0.1, -0.05) is 47.7 Å². The van der Waals surface area contributed by atoms with Crippen LogP contribution in [0.3, 0.4) is 0 Å². The number of aromatic nitrogens is 3. The Morgan fingerprint density at radius 3 is 2.47 bits per heavy atom. The molecule has 1 unspecified atom stereocenters. The van der Waals surface area contributed by atoms with E-state index in [1.165, 1.54) is 11.8 Å². The number of fused-ring (bicyclic) bond motifs is 1. The second kappa shape index (κ2) is 10.6. The van der Waals surface area contributed by atoms with Crippen molar-refractivity contribution in [3.63, 3.8) is 0 Å². The van der Waals surface area contributed by atoms with Crippen molar-refractivity contribution in [2.75, 3.05) is 12.4 Å². The molecule has 0 bridgehead atoms. The molecular weight excluding hydrogens is 524 g/mol. The van der Waals surface area contributed by atoms with E-state index < -0.39 is 18.2 Å². The van der Waals surface area contributed by atoms with Crippen LogP contribution in [0.5, 0.6) is 5.75 Å². The van der Waals surface area contributed by atoms with E-state index >= 15 is 0 Å². The number of carbonyl (C=O) groups is 2. The van der Waals surface area contributed by atoms with Crippen LogP contribution in [0.1, 0.15) is 24.2 Å². The first-order valence-corrected chi connectivity index (χ1v) is 13.3. The molecule has 5 rings (SSSR count). The van der Waals surface area contributed by atoms with Crippen molar-refractivity contribution < 1.29 is 24.2 Å². The number of carboxylic acid groups (broad SMARTS) is 1. The van der Waals surface area contributed by atoms with Gasteiger partial charge in [-0.3, -0.25) is 10.1 Å². The number of aliphatic carboxylic acids is 1. The number of carbonyl (C=O) groups excluding carboxylic acids is 1. The maximum Gasteiger partial charge on any atom is 0.413 e. The SMILES string of the molecule is COc1cc(-c2cc3sc(-c4nnn(C)c4NC(=O)OC(C)c4ccccc4)cc3s2)ccc1CC(=O)O. The van der Waals surface area contributed by atoms with Crippen molar-refractivity contribution in [2.24, 2.45) is 7.05 Å². The number of nitrogens with zero attached hydrogens (tertiary/aromatic N) is 3. The Morgan fingerprint density at radius 1 is 1.05 bits per heavy atom. The normalized spacial score (nSPS) is 11.9. The molecule has 1 atom stereocenters. The summed E-state index contributed by atoms with van der Waals surface area (Å²) in [5.41, 5.74) is 3.03. The first-order chi connectivity index (χ1) is 18.3. The first-order valence-electron chi connectivity index (χ1n) is 11.7. The summed E-state index contributed by atoms with van der Waals surface area (Å²) in [6.07, 6.45) is -1.10. The molecular formula is C27H24N4O5S2. The number of methoxy groups -OCH3 is 1. The zero-order valence-corrected chi connectivity index (χ0v) is 22.4. The molecule has 0 aliphatic rings. The molecule has 0 saturated heterocycles. The van der Waals surface area contributed by atoms with Crippen molar-refractivity contribution in [1.82, 2.24) is 15.0 Å². The Kier molecular flexibility index (Phi) is 7.12. The van der Waals surface area contributed by atoms with E-state index in [-0.39, 0.29) is 6.42 Å². The van der Waals surface area contributed by atoms with E-state index in [2.05, 4.69) is 21.7 Å². The molecule has 3 aromatic heterocycles. The van der Waals surface area contributed by atoms with Gasteiger partial charge in [-0.2, -0.15) is 0 Å². The molecule has 1 amide bonds. The third kappa shape index (κ3) is 5.24. The summed E-state index contributed by atoms with van der Waals surface area (Å²) in [7, 11) is 3.25. The van der Waals surface area contributed by atoms with Crippen molar-refractivity contribution >= 4 is 50.0 Å². The standard InChI is InChI=1S/C27H24N4O5S2/c1-15(16-7-5-4-6-8-16)36-27(34)28-26-25(29-30-31(26)2)23-14-22-21(38-23)13-20(37-22)18-10-9-17(12-24(32)33)19(11-18)35-3/h4-11,13-15H,12H2,1-3H3,(H,28,34)(H,32,33). The quantitative estimate of drug-likeness (QED) is 0.231. The lowest BCUT2D eigenvalue weighted by Crippen LogP contribution is -2.18. The van der Waals surface area contributed by atoms with Crippen LogP contribution < -0.4 is 10.1 Å². The van der Waals surface area contributed by atoms with Crippen LogP contribution in [0.4, 0.5) is 10.6 Å². The molecule has 0 saturated carbocycles. The van der Waals surface area contributed by atoms with Crippen molar-refractivity contribution in [2.45, 2.75) is 19.4 Å². The number of rotatable bonds is 8. The molecule has 38 heavy (non-hydrogen) atoms. The summed E-state index contributed by atoms with van der Waals surface area (Å²) in [6, 6.07) is 19.2. The zero-order valence-electron chi connectivity index (χ0n) is 20.8. The number of hydrogen-bond donors (Lipinski definition) is 2. The molecule has 5 aromatic rings. The maximum absolute atomic E-state index is 12.6. The van der Waals surface area contributed by atoms with Crippen LogP contribution in [0.2, 0.25) is 0 Å². The Labute approximate surface area is 226 Å². The molecule has 0 radical (unpaired) electrons. The average molecular weight is 549 g/mol. The van der Waals surface area contributed by atoms with E-state index in [4.69, 9.17) is 14.6 Å². The predicted octanol–water partition coefficient (Wildman–Crippen LogP) is 6.37. The van der Waals surface area contributed by atoms with Crippen molar-refractivity contribution in [3.05, 3.63) is 71.8 Å². The van der Waals surface area contributed by atoms with Gasteiger partial charge in [0.15, 0.2) is 5.82 Å². The molecule has 194 valence electrons. The average Bonchev–Trinajstić information content (AvgIpc) is 3.58. The third-order valence-electron chi connectivity index (χ3n) is 5.95. The van der Waals surface area contributed by atoms with Crippen LogP contribution in [-0.2, 0) is 23.0 Å². The molecule has 9 nitrogen and oxygen atoms in total. The molecule has 0 spiro atoms. The van der Waals surface area contributed by atoms with Crippen LogP contribution in [0.15, 0.2) is 60.7 Å². The summed E-state index contributed by atoms with van der Waals surface area (Å²) in [5.74, 6) is 0.0892. The summed E-state index contributed by atoms with van der Waals surface area (Å²) in [4.78, 5) is 25.7. The number of nitrogens with one attached hydrogen (secondary N) is 1. The number of aryl methyl sites for hydroxylation is 1. The maximum atomic E-state index is 12.6. The van der Waals surface area contributed by atoms with Gasteiger partial charge in [0, 0.05) is 26.9 Å². The Morgan fingerprint density at radius 2 is 1.76 bits per heavy atom. The fourth-order valence-electron chi connectivity index (χ4n) is 4.04. The van der Waals surface area contributed by atoms with E-state index in [9.17, 15) is 9.59 Å². The minimum Gasteiger partial charge on any atom is -0.496 e. The second-order valence-corrected chi connectivity index (χ2v) is 10.7. The molecule has 2 N–H and O–H groups in total. The summed E-state index contributed by atoms with van der Waals surface area (Å²) < 4.78 is 14.6. The van der Waals surface area contributed by atoms with Gasteiger partial charge in [0.1, 0.15) is 17.5 Å². The van der Waals surface area contributed by atoms with Crippen molar-refractivity contribution in [3.8, 4) is 26.8 Å². The van der Waals surface area contributed by atoms with Gasteiger partial charge in [-0.15, -0.1) is 27.8 Å². The molecule has 2 aromatic carbocycles. The summed E-state index contributed by atoms with van der Waals surface area (Å²) in [5, 5.41) is 20.3. The number of thiophene rings is 2. The molecule has 3 heterocycles. The fraction of sp³-hybridized carbons (Fsp3) is 0.185. The summed E-state index contributed by atoms with van der Waals surface area (Å²) >= 11 is 3.16. The highest BCUT2D eigenvalue weighted by Gasteiger charge is 2.21. The Hall–Kier alpha value is -4.22. The van der Waals surface area contributed by atoms with Crippen LogP contribution in [0.25, 0.3) is 30.4 Å². The zero-order chi connectivity index (χ0) is 26.8. The van der Waals surface area contributed by atoms with E-state index in [0.29, 0.717) is 22.8 Å². The number of ether oxygens (including phenoxy) is 2. The van der Waals surface area contributed by atoms with Crippen molar-refractivity contribution in [1.29, 1.82) is 0 Å². The van der Waals surface area contributed by atoms with Crippen LogP contribution >= 0.6 is 22.7 Å². The Balaban J connectivity index is 1.36. The van der Waals surface area contributed by atoms with Gasteiger partial charge in [-0.25, -0.2) is 9.48 Å². The van der Waals surface area contributed by atoms with E-state index in [0.717, 1.165) is 30.3 Å². The highest BCUT2D eigenvalue weighted by Crippen LogP contribution is 2.43. The molecule has 0 aliphatic heterocycles. The lowest BCUT2D eigenvalue weighted by Gasteiger charge is -2.14. The number of carboxylic acids is 1. The number of benzene rings is 2. The molecule has 0 aliphatic carbocycles. The van der Waals surface area contributed by atoms with Gasteiger partial charge in [-0.05, 0) is 36.2 Å². The lowest BCUT2D eigenvalue weighted by atomic mass is 10.1. The topological polar surface area (TPSA) is 116 Å². The van der Waals surface area contributed by atoms with Gasteiger partial charge in [0.05, 0.1) is 18.4 Å².